The molecule has 0 aliphatic rings. The van der Waals surface area contributed by atoms with Gasteiger partial charge in [-0.2, -0.15) is 5.10 Å². The Bertz CT molecular complexity index is 1340. The molecular weight excluding hydrogens is 416 g/mol. The molecule has 8 heteroatoms. The van der Waals surface area contributed by atoms with E-state index in [1.807, 2.05) is 37.5 Å². The molecule has 0 bridgehead atoms. The number of hydrogen-bond acceptors (Lipinski definition) is 5. The molecule has 5 aromatic rings. The van der Waals surface area contributed by atoms with Gasteiger partial charge < -0.3 is 4.57 Å². The van der Waals surface area contributed by atoms with Gasteiger partial charge in [-0.3, -0.25) is 4.68 Å². The molecule has 0 saturated carbocycles. The highest BCUT2D eigenvalue weighted by atomic mass is 35.5. The number of aromatic nitrogens is 6. The number of nitrogens with zero attached hydrogens (tertiary/aromatic N) is 6. The van der Waals surface area contributed by atoms with Gasteiger partial charge in [-0.1, -0.05) is 53.7 Å². The topological polar surface area (TPSA) is 61.4 Å². The number of rotatable bonds is 5. The predicted octanol–water partition coefficient (Wildman–Crippen LogP) is 5.27. The lowest BCUT2D eigenvalue weighted by molar-refractivity contribution is 0.745. The Labute approximate surface area is 182 Å². The van der Waals surface area contributed by atoms with Gasteiger partial charge in [0.2, 0.25) is 0 Å². The van der Waals surface area contributed by atoms with Crippen LogP contribution in [0.3, 0.4) is 0 Å². The minimum Gasteiger partial charge on any atom is -0.323 e. The van der Waals surface area contributed by atoms with Crippen LogP contribution in [0.5, 0.6) is 0 Å². The zero-order valence-corrected chi connectivity index (χ0v) is 18.1. The molecule has 150 valence electrons. The van der Waals surface area contributed by atoms with E-state index in [4.69, 9.17) is 16.6 Å². The molecule has 0 N–H and O–H groups in total. The van der Waals surface area contributed by atoms with Crippen molar-refractivity contribution in [2.75, 3.05) is 0 Å². The summed E-state index contributed by atoms with van der Waals surface area (Å²) >= 11 is 7.90. The minimum absolute atomic E-state index is 0.0678. The summed E-state index contributed by atoms with van der Waals surface area (Å²) in [6, 6.07) is 16.3. The van der Waals surface area contributed by atoms with Gasteiger partial charge in [-0.25, -0.2) is 15.0 Å². The quantitative estimate of drug-likeness (QED) is 0.278. The Hall–Kier alpha value is -2.90. The maximum absolute atomic E-state index is 6.24. The van der Waals surface area contributed by atoms with Crippen LogP contribution in [0, 0.1) is 0 Å². The summed E-state index contributed by atoms with van der Waals surface area (Å²) in [6.45, 7) is 2.89. The number of halogens is 1. The van der Waals surface area contributed by atoms with Gasteiger partial charge in [0.05, 0.1) is 27.9 Å². The molecule has 5 rings (SSSR count). The summed E-state index contributed by atoms with van der Waals surface area (Å²) in [4.78, 5) is 13.8. The van der Waals surface area contributed by atoms with Crippen LogP contribution in [-0.4, -0.2) is 29.3 Å². The number of thioether (sulfide) groups is 1. The van der Waals surface area contributed by atoms with Crippen molar-refractivity contribution < 1.29 is 0 Å². The molecule has 0 aliphatic carbocycles. The lowest BCUT2D eigenvalue weighted by Gasteiger charge is -2.15. The summed E-state index contributed by atoms with van der Waals surface area (Å²) < 4.78 is 4.03. The maximum Gasteiger partial charge on any atom is 0.162 e. The lowest BCUT2D eigenvalue weighted by atomic mass is 10.2. The molecule has 1 atom stereocenters. The Morgan fingerprint density at radius 2 is 1.93 bits per heavy atom. The van der Waals surface area contributed by atoms with E-state index in [0.717, 1.165) is 39.5 Å². The molecule has 0 fully saturated rings. The van der Waals surface area contributed by atoms with Crippen LogP contribution >= 0.6 is 23.4 Å². The molecule has 0 unspecified atom stereocenters. The highest BCUT2D eigenvalue weighted by Gasteiger charge is 2.20. The molecule has 2 aromatic carbocycles. The molecule has 6 nitrogen and oxygen atoms in total. The van der Waals surface area contributed by atoms with Gasteiger partial charge in [0.25, 0.3) is 0 Å². The third kappa shape index (κ3) is 3.44. The average molecular weight is 435 g/mol. The summed E-state index contributed by atoms with van der Waals surface area (Å²) in [6.07, 6.45) is 3.41. The highest BCUT2D eigenvalue weighted by Crippen LogP contribution is 2.38. The second kappa shape index (κ2) is 7.74. The van der Waals surface area contributed by atoms with Crippen molar-refractivity contribution in [3.8, 4) is 0 Å². The lowest BCUT2D eigenvalue weighted by Crippen LogP contribution is -2.07. The monoisotopic (exact) mass is 434 g/mol. The molecule has 0 saturated heterocycles. The minimum atomic E-state index is 0.0678. The van der Waals surface area contributed by atoms with Crippen LogP contribution < -0.4 is 0 Å². The van der Waals surface area contributed by atoms with E-state index in [1.165, 1.54) is 5.56 Å². The van der Waals surface area contributed by atoms with E-state index < -0.39 is 0 Å². The van der Waals surface area contributed by atoms with Crippen LogP contribution in [0.15, 0.2) is 66.1 Å². The first kappa shape index (κ1) is 19.1. The average Bonchev–Trinajstić information content (AvgIpc) is 3.30. The Morgan fingerprint density at radius 3 is 2.77 bits per heavy atom. The van der Waals surface area contributed by atoms with Crippen LogP contribution in [-0.2, 0) is 13.6 Å². The first-order valence-corrected chi connectivity index (χ1v) is 10.8. The normalized spacial score (nSPS) is 12.6. The molecule has 0 spiro atoms. The third-order valence-corrected chi connectivity index (χ3v) is 6.42. The zero-order valence-electron chi connectivity index (χ0n) is 16.5. The number of hydrogen-bond donors (Lipinski definition) is 0. The standard InChI is InChI=1S/C22H19ClN6S/c1-14(30-22-17-11-26-28(2)21(17)24-13-25-22)20-27-18-10-16(23)8-9-19(18)29(20)12-15-6-4-3-5-7-15/h3-11,13-14H,12H2,1-2H3/t14-/m0/s1. The van der Waals surface area contributed by atoms with E-state index in [9.17, 15) is 0 Å². The van der Waals surface area contributed by atoms with Crippen molar-refractivity contribution in [1.29, 1.82) is 0 Å². The first-order chi connectivity index (χ1) is 14.6. The maximum atomic E-state index is 6.24. The molecule has 30 heavy (non-hydrogen) atoms. The van der Waals surface area contributed by atoms with Gasteiger partial charge >= 0.3 is 0 Å². The Morgan fingerprint density at radius 1 is 1.10 bits per heavy atom. The molecule has 3 aromatic heterocycles. The third-order valence-electron chi connectivity index (χ3n) is 5.07. The van der Waals surface area contributed by atoms with E-state index in [1.54, 1.807) is 22.8 Å². The van der Waals surface area contributed by atoms with E-state index >= 15 is 0 Å². The first-order valence-electron chi connectivity index (χ1n) is 9.59. The Kier molecular flexibility index (Phi) is 4.92. The second-order valence-corrected chi connectivity index (χ2v) is 8.89. The van der Waals surface area contributed by atoms with Crippen LogP contribution in [0.2, 0.25) is 5.02 Å². The molecule has 0 amide bonds. The number of aryl methyl sites for hydroxylation is 1. The van der Waals surface area contributed by atoms with Gasteiger partial charge in [-0.15, -0.1) is 0 Å². The number of benzene rings is 2. The zero-order chi connectivity index (χ0) is 20.7. The summed E-state index contributed by atoms with van der Waals surface area (Å²) in [5.41, 5.74) is 4.01. The van der Waals surface area contributed by atoms with E-state index in [2.05, 4.69) is 50.8 Å². The summed E-state index contributed by atoms with van der Waals surface area (Å²) in [5, 5.41) is 6.92. The molecule has 3 heterocycles. The van der Waals surface area contributed by atoms with E-state index in [-0.39, 0.29) is 5.25 Å². The highest BCUT2D eigenvalue weighted by molar-refractivity contribution is 7.99. The predicted molar refractivity (Wildman–Crippen MR) is 121 cm³/mol. The van der Waals surface area contributed by atoms with Crippen LogP contribution in [0.1, 0.15) is 23.6 Å². The van der Waals surface area contributed by atoms with Crippen LogP contribution in [0.4, 0.5) is 0 Å². The van der Waals surface area contributed by atoms with Crippen molar-refractivity contribution in [1.82, 2.24) is 29.3 Å². The van der Waals surface area contributed by atoms with Crippen molar-refractivity contribution >= 4 is 45.4 Å². The van der Waals surface area contributed by atoms with Gasteiger partial charge in [0.15, 0.2) is 5.65 Å². The second-order valence-electron chi connectivity index (χ2n) is 7.12. The van der Waals surface area contributed by atoms with Gasteiger partial charge in [0.1, 0.15) is 17.2 Å². The van der Waals surface area contributed by atoms with Crippen LogP contribution in [0.25, 0.3) is 22.1 Å². The summed E-state index contributed by atoms with van der Waals surface area (Å²) in [5.74, 6) is 0.983. The fourth-order valence-electron chi connectivity index (χ4n) is 3.62. The number of imidazole rings is 1. The molecule has 0 radical (unpaired) electrons. The largest absolute Gasteiger partial charge is 0.323 e. The smallest absolute Gasteiger partial charge is 0.162 e. The SMILES string of the molecule is C[C@H](Sc1ncnc2c1cnn2C)c1nc2cc(Cl)ccc2n1Cc1ccccc1. The van der Waals surface area contributed by atoms with Gasteiger partial charge in [-0.05, 0) is 30.7 Å². The Balaban J connectivity index is 1.57. The van der Waals surface area contributed by atoms with Crippen molar-refractivity contribution in [3.63, 3.8) is 0 Å². The molecule has 0 aliphatic heterocycles. The van der Waals surface area contributed by atoms with Crippen molar-refractivity contribution in [2.45, 2.75) is 23.7 Å². The van der Waals surface area contributed by atoms with E-state index in [0.29, 0.717) is 5.02 Å². The van der Waals surface area contributed by atoms with Gasteiger partial charge in [0, 0.05) is 18.6 Å². The fourth-order valence-corrected chi connectivity index (χ4v) is 4.78. The van der Waals surface area contributed by atoms with Crippen molar-refractivity contribution in [2.24, 2.45) is 7.05 Å². The number of fused-ring (bicyclic) bond motifs is 2. The van der Waals surface area contributed by atoms with Crippen molar-refractivity contribution in [3.05, 3.63) is 77.5 Å². The molecular formula is C22H19ClN6S. The summed E-state index contributed by atoms with van der Waals surface area (Å²) in [7, 11) is 1.89. The fraction of sp³-hybridized carbons (Fsp3) is 0.182.